The third-order valence-corrected chi connectivity index (χ3v) is 4.75. The van der Waals surface area contributed by atoms with Crippen molar-refractivity contribution < 1.29 is 4.79 Å². The van der Waals surface area contributed by atoms with E-state index in [9.17, 15) is 4.79 Å². The van der Waals surface area contributed by atoms with Crippen LogP contribution in [-0.4, -0.2) is 23.7 Å². The molecule has 0 fully saturated rings. The molecule has 0 bridgehead atoms. The fraction of sp³-hybridized carbons (Fsp3) is 0.588. The smallest absolute Gasteiger partial charge is 0.237 e. The Kier molecular flexibility index (Phi) is 8.47. The second-order valence-electron chi connectivity index (χ2n) is 5.62. The average molecular weight is 308 g/mol. The summed E-state index contributed by atoms with van der Waals surface area (Å²) in [6.45, 7) is 4.85. The van der Waals surface area contributed by atoms with E-state index in [4.69, 9.17) is 5.73 Å². The molecule has 0 radical (unpaired) electrons. The van der Waals surface area contributed by atoms with Gasteiger partial charge in [0.15, 0.2) is 0 Å². The topological polar surface area (TPSA) is 55.1 Å². The van der Waals surface area contributed by atoms with Gasteiger partial charge in [0.2, 0.25) is 5.91 Å². The maximum absolute atomic E-state index is 11.6. The number of benzene rings is 1. The zero-order chi connectivity index (χ0) is 15.6. The lowest BCUT2D eigenvalue weighted by atomic mass is 9.94. The zero-order valence-corrected chi connectivity index (χ0v) is 14.0. The fourth-order valence-corrected chi connectivity index (χ4v) is 3.13. The highest BCUT2D eigenvalue weighted by Crippen LogP contribution is 2.17. The summed E-state index contributed by atoms with van der Waals surface area (Å²) in [6, 6.07) is 10.5. The van der Waals surface area contributed by atoms with Crippen molar-refractivity contribution in [3.05, 3.63) is 35.9 Å². The molecule has 0 heterocycles. The van der Waals surface area contributed by atoms with Gasteiger partial charge in [-0.15, -0.1) is 0 Å². The Bertz CT molecular complexity index is 411. The molecule has 3 N–H and O–H groups in total. The van der Waals surface area contributed by atoms with E-state index in [2.05, 4.69) is 36.5 Å². The van der Waals surface area contributed by atoms with Crippen molar-refractivity contribution in [3.63, 3.8) is 0 Å². The molecule has 1 aromatic carbocycles. The lowest BCUT2D eigenvalue weighted by Crippen LogP contribution is -2.53. The molecule has 21 heavy (non-hydrogen) atoms. The largest absolute Gasteiger partial charge is 0.368 e. The highest BCUT2D eigenvalue weighted by atomic mass is 32.2. The average Bonchev–Trinajstić information content (AvgIpc) is 2.49. The molecule has 1 amide bonds. The second kappa shape index (κ2) is 9.85. The summed E-state index contributed by atoms with van der Waals surface area (Å²) in [6.07, 6.45) is 3.97. The van der Waals surface area contributed by atoms with E-state index >= 15 is 0 Å². The number of nitrogens with one attached hydrogen (secondary N) is 1. The predicted molar refractivity (Wildman–Crippen MR) is 92.3 cm³/mol. The van der Waals surface area contributed by atoms with Crippen LogP contribution in [0.4, 0.5) is 0 Å². The summed E-state index contributed by atoms with van der Waals surface area (Å²) >= 11 is 1.95. The van der Waals surface area contributed by atoms with Crippen molar-refractivity contribution in [3.8, 4) is 0 Å². The highest BCUT2D eigenvalue weighted by Gasteiger charge is 2.29. The Balaban J connectivity index is 2.18. The molecule has 0 spiro atoms. The van der Waals surface area contributed by atoms with E-state index in [0.29, 0.717) is 0 Å². The Hall–Kier alpha value is -1.00. The minimum absolute atomic E-state index is 0.243. The minimum atomic E-state index is -0.555. The van der Waals surface area contributed by atoms with Crippen LogP contribution in [0, 0.1) is 0 Å². The SMILES string of the molecule is CCCNC(C)(CCCCSCc1ccccc1)C(N)=O. The lowest BCUT2D eigenvalue weighted by molar-refractivity contribution is -0.124. The minimum Gasteiger partial charge on any atom is -0.368 e. The zero-order valence-electron chi connectivity index (χ0n) is 13.2. The number of carbonyl (C=O) groups excluding carboxylic acids is 1. The fourth-order valence-electron chi connectivity index (χ4n) is 2.15. The standard InChI is InChI=1S/C17H28N2OS/c1-3-12-19-17(2,16(18)20)11-7-8-13-21-14-15-9-5-4-6-10-15/h4-6,9-10,19H,3,7-8,11-14H2,1-2H3,(H2,18,20). The molecule has 0 saturated heterocycles. The van der Waals surface area contributed by atoms with Gasteiger partial charge in [-0.2, -0.15) is 11.8 Å². The van der Waals surface area contributed by atoms with Gasteiger partial charge in [0.1, 0.15) is 0 Å². The van der Waals surface area contributed by atoms with Gasteiger partial charge in [0.05, 0.1) is 5.54 Å². The first-order valence-corrected chi connectivity index (χ1v) is 8.90. The molecule has 3 nitrogen and oxygen atoms in total. The van der Waals surface area contributed by atoms with Crippen LogP contribution in [0.15, 0.2) is 30.3 Å². The van der Waals surface area contributed by atoms with E-state index in [0.717, 1.165) is 43.7 Å². The van der Waals surface area contributed by atoms with Gasteiger partial charge in [0, 0.05) is 5.75 Å². The Labute approximate surface area is 133 Å². The van der Waals surface area contributed by atoms with Crippen LogP contribution in [0.25, 0.3) is 0 Å². The van der Waals surface area contributed by atoms with Gasteiger partial charge in [-0.05, 0) is 44.0 Å². The molecule has 0 aromatic heterocycles. The molecule has 1 rings (SSSR count). The predicted octanol–water partition coefficient (Wildman–Crippen LogP) is 3.33. The quantitative estimate of drug-likeness (QED) is 0.617. The first-order chi connectivity index (χ1) is 10.1. The molecule has 1 aromatic rings. The Morgan fingerprint density at radius 3 is 2.62 bits per heavy atom. The molecule has 0 aliphatic carbocycles. The molecule has 118 valence electrons. The molecular formula is C17H28N2OS. The van der Waals surface area contributed by atoms with Gasteiger partial charge in [-0.1, -0.05) is 43.7 Å². The Morgan fingerprint density at radius 2 is 2.00 bits per heavy atom. The number of hydrogen-bond donors (Lipinski definition) is 2. The van der Waals surface area contributed by atoms with Crippen molar-refractivity contribution in [1.82, 2.24) is 5.32 Å². The first-order valence-electron chi connectivity index (χ1n) is 7.75. The van der Waals surface area contributed by atoms with Crippen LogP contribution in [0.3, 0.4) is 0 Å². The first kappa shape index (κ1) is 18.1. The Morgan fingerprint density at radius 1 is 1.29 bits per heavy atom. The normalized spacial score (nSPS) is 13.8. The van der Waals surface area contributed by atoms with Gasteiger partial charge in [0.25, 0.3) is 0 Å². The van der Waals surface area contributed by atoms with E-state index in [1.54, 1.807) is 0 Å². The van der Waals surface area contributed by atoms with Crippen molar-refractivity contribution in [1.29, 1.82) is 0 Å². The van der Waals surface area contributed by atoms with E-state index < -0.39 is 5.54 Å². The molecule has 0 aliphatic heterocycles. The van der Waals surface area contributed by atoms with Crippen LogP contribution in [-0.2, 0) is 10.5 Å². The monoisotopic (exact) mass is 308 g/mol. The second-order valence-corrected chi connectivity index (χ2v) is 6.72. The number of thioether (sulfide) groups is 1. The number of nitrogens with two attached hydrogens (primary N) is 1. The number of amides is 1. The number of unbranched alkanes of at least 4 members (excludes halogenated alkanes) is 1. The third kappa shape index (κ3) is 7.00. The van der Waals surface area contributed by atoms with Crippen LogP contribution >= 0.6 is 11.8 Å². The number of primary amides is 1. The third-order valence-electron chi connectivity index (χ3n) is 3.64. The molecular weight excluding hydrogens is 280 g/mol. The highest BCUT2D eigenvalue weighted by molar-refractivity contribution is 7.98. The molecule has 1 atom stereocenters. The summed E-state index contributed by atoms with van der Waals surface area (Å²) in [5.41, 5.74) is 6.34. The molecule has 0 saturated carbocycles. The van der Waals surface area contributed by atoms with E-state index in [1.165, 1.54) is 5.56 Å². The van der Waals surface area contributed by atoms with Crippen LogP contribution < -0.4 is 11.1 Å². The number of carbonyl (C=O) groups is 1. The summed E-state index contributed by atoms with van der Waals surface area (Å²) in [5, 5.41) is 3.28. The summed E-state index contributed by atoms with van der Waals surface area (Å²) in [7, 11) is 0. The maximum Gasteiger partial charge on any atom is 0.237 e. The molecule has 4 heteroatoms. The summed E-state index contributed by atoms with van der Waals surface area (Å²) in [5.74, 6) is 1.94. The van der Waals surface area contributed by atoms with E-state index in [-0.39, 0.29) is 5.91 Å². The molecule has 0 aliphatic rings. The van der Waals surface area contributed by atoms with Crippen molar-refractivity contribution in [2.45, 2.75) is 50.8 Å². The molecule has 1 unspecified atom stereocenters. The van der Waals surface area contributed by atoms with Gasteiger partial charge < -0.3 is 11.1 Å². The van der Waals surface area contributed by atoms with E-state index in [1.807, 2.05) is 24.8 Å². The van der Waals surface area contributed by atoms with Crippen molar-refractivity contribution in [2.75, 3.05) is 12.3 Å². The van der Waals surface area contributed by atoms with Gasteiger partial charge >= 0.3 is 0 Å². The summed E-state index contributed by atoms with van der Waals surface area (Å²) < 4.78 is 0. The van der Waals surface area contributed by atoms with Gasteiger partial charge in [-0.3, -0.25) is 4.79 Å². The summed E-state index contributed by atoms with van der Waals surface area (Å²) in [4.78, 5) is 11.6. The maximum atomic E-state index is 11.6. The van der Waals surface area contributed by atoms with Crippen LogP contribution in [0.5, 0.6) is 0 Å². The lowest BCUT2D eigenvalue weighted by Gasteiger charge is -2.27. The van der Waals surface area contributed by atoms with Crippen molar-refractivity contribution in [2.24, 2.45) is 5.73 Å². The number of hydrogen-bond acceptors (Lipinski definition) is 3. The van der Waals surface area contributed by atoms with Gasteiger partial charge in [-0.25, -0.2) is 0 Å². The van der Waals surface area contributed by atoms with Crippen LogP contribution in [0.1, 0.15) is 45.1 Å². The number of rotatable bonds is 11. The van der Waals surface area contributed by atoms with Crippen molar-refractivity contribution >= 4 is 17.7 Å². The van der Waals surface area contributed by atoms with Crippen LogP contribution in [0.2, 0.25) is 0 Å².